The van der Waals surface area contributed by atoms with E-state index in [0.717, 1.165) is 26.1 Å². The van der Waals surface area contributed by atoms with Crippen molar-refractivity contribution >= 4 is 11.0 Å². The molecule has 3 heterocycles. The molecule has 18 heavy (non-hydrogen) atoms. The minimum atomic E-state index is -0.0637. The Morgan fingerprint density at radius 1 is 1.44 bits per heavy atom. The van der Waals surface area contributed by atoms with Gasteiger partial charge >= 0.3 is 0 Å². The van der Waals surface area contributed by atoms with Crippen molar-refractivity contribution in [3.05, 3.63) is 35.0 Å². The molecule has 1 aliphatic rings. The smallest absolute Gasteiger partial charge is 0.279 e. The lowest BCUT2D eigenvalue weighted by Crippen LogP contribution is -2.29. The molecule has 0 bridgehead atoms. The predicted molar refractivity (Wildman–Crippen MR) is 67.3 cm³/mol. The summed E-state index contributed by atoms with van der Waals surface area (Å²) >= 11 is 0. The van der Waals surface area contributed by atoms with E-state index in [1.807, 2.05) is 0 Å². The van der Waals surface area contributed by atoms with E-state index in [1.54, 1.807) is 29.2 Å². The summed E-state index contributed by atoms with van der Waals surface area (Å²) in [5, 5.41) is 0. The van der Waals surface area contributed by atoms with Crippen LogP contribution in [0, 0.1) is 5.92 Å². The monoisotopic (exact) mass is 245 g/mol. The quantitative estimate of drug-likeness (QED) is 0.798. The van der Waals surface area contributed by atoms with E-state index in [2.05, 4.69) is 9.97 Å². The summed E-state index contributed by atoms with van der Waals surface area (Å²) in [7, 11) is 0. The number of rotatable bonds is 2. The van der Waals surface area contributed by atoms with Crippen molar-refractivity contribution in [3.8, 4) is 0 Å². The molecule has 0 radical (unpaired) electrons. The molecule has 2 aromatic rings. The first-order valence-electron chi connectivity index (χ1n) is 6.22. The van der Waals surface area contributed by atoms with Gasteiger partial charge in [-0.2, -0.15) is 0 Å². The lowest BCUT2D eigenvalue weighted by Gasteiger charge is -2.22. The number of pyridine rings is 1. The standard InChI is InChI=1S/C13H15N3O2/c17-13-12-11(4-1-5-14-12)15-9-16(13)7-10-3-2-6-18-8-10/h1,4-5,9-10H,2-3,6-8H2. The van der Waals surface area contributed by atoms with E-state index in [9.17, 15) is 4.79 Å². The van der Waals surface area contributed by atoms with E-state index in [4.69, 9.17) is 4.74 Å². The van der Waals surface area contributed by atoms with Gasteiger partial charge < -0.3 is 4.74 Å². The van der Waals surface area contributed by atoms with Gasteiger partial charge in [-0.05, 0) is 25.0 Å². The van der Waals surface area contributed by atoms with E-state index < -0.39 is 0 Å². The Labute approximate surface area is 104 Å². The van der Waals surface area contributed by atoms with Gasteiger partial charge in [-0.3, -0.25) is 9.36 Å². The zero-order valence-corrected chi connectivity index (χ0v) is 10.1. The molecule has 0 spiro atoms. The van der Waals surface area contributed by atoms with Crippen molar-refractivity contribution in [2.75, 3.05) is 13.2 Å². The van der Waals surface area contributed by atoms with Crippen LogP contribution in [0.1, 0.15) is 12.8 Å². The van der Waals surface area contributed by atoms with Crippen LogP contribution >= 0.6 is 0 Å². The molecule has 0 aliphatic carbocycles. The molecular formula is C13H15N3O2. The summed E-state index contributed by atoms with van der Waals surface area (Å²) in [6.07, 6.45) is 5.41. The Kier molecular flexibility index (Phi) is 3.06. The van der Waals surface area contributed by atoms with E-state index >= 15 is 0 Å². The van der Waals surface area contributed by atoms with Crippen LogP contribution < -0.4 is 5.56 Å². The van der Waals surface area contributed by atoms with E-state index in [-0.39, 0.29) is 5.56 Å². The third-order valence-corrected chi connectivity index (χ3v) is 3.30. The minimum absolute atomic E-state index is 0.0637. The molecule has 5 nitrogen and oxygen atoms in total. The van der Waals surface area contributed by atoms with Gasteiger partial charge in [-0.15, -0.1) is 0 Å². The lowest BCUT2D eigenvalue weighted by molar-refractivity contribution is 0.0479. The van der Waals surface area contributed by atoms with Gasteiger partial charge in [-0.25, -0.2) is 9.97 Å². The Morgan fingerprint density at radius 2 is 2.39 bits per heavy atom. The highest BCUT2D eigenvalue weighted by molar-refractivity contribution is 5.71. The van der Waals surface area contributed by atoms with Gasteiger partial charge in [-0.1, -0.05) is 0 Å². The van der Waals surface area contributed by atoms with Crippen LogP contribution in [0.5, 0.6) is 0 Å². The molecule has 94 valence electrons. The van der Waals surface area contributed by atoms with Gasteiger partial charge in [0, 0.05) is 25.3 Å². The van der Waals surface area contributed by atoms with Gasteiger partial charge in [0.2, 0.25) is 0 Å². The molecule has 1 fully saturated rings. The fourth-order valence-electron chi connectivity index (χ4n) is 2.35. The lowest BCUT2D eigenvalue weighted by atomic mass is 10.0. The maximum Gasteiger partial charge on any atom is 0.279 e. The highest BCUT2D eigenvalue weighted by Crippen LogP contribution is 2.15. The average molecular weight is 245 g/mol. The highest BCUT2D eigenvalue weighted by Gasteiger charge is 2.15. The normalized spacial score (nSPS) is 20.1. The molecule has 5 heteroatoms. The number of nitrogens with zero attached hydrogens (tertiary/aromatic N) is 3. The first kappa shape index (κ1) is 11.3. The largest absolute Gasteiger partial charge is 0.381 e. The maximum absolute atomic E-state index is 12.2. The number of aromatic nitrogens is 3. The fraction of sp³-hybridized carbons (Fsp3) is 0.462. The van der Waals surface area contributed by atoms with Crippen molar-refractivity contribution in [1.29, 1.82) is 0 Å². The second-order valence-corrected chi connectivity index (χ2v) is 4.66. The summed E-state index contributed by atoms with van der Waals surface area (Å²) in [4.78, 5) is 20.6. The summed E-state index contributed by atoms with van der Waals surface area (Å²) in [6, 6.07) is 3.59. The molecule has 0 saturated carbocycles. The van der Waals surface area contributed by atoms with Crippen LogP contribution in [-0.4, -0.2) is 27.7 Å². The van der Waals surface area contributed by atoms with Crippen LogP contribution in [-0.2, 0) is 11.3 Å². The molecule has 0 aromatic carbocycles. The first-order chi connectivity index (χ1) is 8.84. The summed E-state index contributed by atoms with van der Waals surface area (Å²) < 4.78 is 7.08. The third kappa shape index (κ3) is 2.13. The summed E-state index contributed by atoms with van der Waals surface area (Å²) in [6.45, 7) is 2.23. The van der Waals surface area contributed by atoms with Gasteiger partial charge in [0.1, 0.15) is 0 Å². The molecule has 1 atom stereocenters. The number of fused-ring (bicyclic) bond motifs is 1. The van der Waals surface area contributed by atoms with E-state index in [1.165, 1.54) is 0 Å². The van der Waals surface area contributed by atoms with E-state index in [0.29, 0.717) is 23.5 Å². The number of ether oxygens (including phenoxy) is 1. The van der Waals surface area contributed by atoms with Crippen molar-refractivity contribution in [3.63, 3.8) is 0 Å². The predicted octanol–water partition coefficient (Wildman–Crippen LogP) is 1.22. The van der Waals surface area contributed by atoms with Crippen LogP contribution in [0.4, 0.5) is 0 Å². The van der Waals surface area contributed by atoms with Gasteiger partial charge in [0.15, 0.2) is 5.52 Å². The maximum atomic E-state index is 12.2. The second-order valence-electron chi connectivity index (χ2n) is 4.66. The molecule has 0 N–H and O–H groups in total. The molecule has 1 saturated heterocycles. The van der Waals surface area contributed by atoms with Crippen molar-refractivity contribution < 1.29 is 4.74 Å². The van der Waals surface area contributed by atoms with Crippen molar-refractivity contribution in [2.45, 2.75) is 19.4 Å². The van der Waals surface area contributed by atoms with Crippen LogP contribution in [0.25, 0.3) is 11.0 Å². The molecule has 1 unspecified atom stereocenters. The van der Waals surface area contributed by atoms with Crippen molar-refractivity contribution in [1.82, 2.24) is 14.5 Å². The Bertz CT molecular complexity index is 602. The highest BCUT2D eigenvalue weighted by atomic mass is 16.5. The van der Waals surface area contributed by atoms with Crippen LogP contribution in [0.2, 0.25) is 0 Å². The van der Waals surface area contributed by atoms with Crippen LogP contribution in [0.3, 0.4) is 0 Å². The molecule has 1 aliphatic heterocycles. The first-order valence-corrected chi connectivity index (χ1v) is 6.22. The van der Waals surface area contributed by atoms with Gasteiger partial charge in [0.25, 0.3) is 5.56 Å². The zero-order valence-electron chi connectivity index (χ0n) is 10.1. The Hall–Kier alpha value is -1.75. The topological polar surface area (TPSA) is 57.0 Å². The second kappa shape index (κ2) is 4.86. The number of hydrogen-bond acceptors (Lipinski definition) is 4. The average Bonchev–Trinajstić information content (AvgIpc) is 2.43. The Morgan fingerprint density at radius 3 is 3.22 bits per heavy atom. The molecule has 0 amide bonds. The Balaban J connectivity index is 1.92. The SMILES string of the molecule is O=c1c2ncccc2ncn1CC1CCCOC1. The summed E-state index contributed by atoms with van der Waals surface area (Å²) in [5.74, 6) is 0.402. The number of hydrogen-bond donors (Lipinski definition) is 0. The molecule has 3 rings (SSSR count). The van der Waals surface area contributed by atoms with Crippen molar-refractivity contribution in [2.24, 2.45) is 5.92 Å². The van der Waals surface area contributed by atoms with Gasteiger partial charge in [0.05, 0.1) is 18.5 Å². The third-order valence-electron chi connectivity index (χ3n) is 3.30. The zero-order chi connectivity index (χ0) is 12.4. The van der Waals surface area contributed by atoms with Crippen LogP contribution in [0.15, 0.2) is 29.5 Å². The molecular weight excluding hydrogens is 230 g/mol. The minimum Gasteiger partial charge on any atom is -0.381 e. The fourth-order valence-corrected chi connectivity index (χ4v) is 2.35. The summed E-state index contributed by atoms with van der Waals surface area (Å²) in [5.41, 5.74) is 1.03. The molecule has 2 aromatic heterocycles.